The Morgan fingerprint density at radius 3 is 3.00 bits per heavy atom. The van der Waals surface area contributed by atoms with Crippen molar-refractivity contribution >= 4 is 0 Å². The Kier molecular flexibility index (Phi) is 0.834. The van der Waals surface area contributed by atoms with Crippen molar-refractivity contribution < 1.29 is 9.57 Å². The lowest BCUT2D eigenvalue weighted by Gasteiger charge is -1.75. The second kappa shape index (κ2) is 1.35. The van der Waals surface area contributed by atoms with Gasteiger partial charge in [0.25, 0.3) is 0 Å². The van der Waals surface area contributed by atoms with Gasteiger partial charge in [0.1, 0.15) is 0 Å². The van der Waals surface area contributed by atoms with Gasteiger partial charge >= 0.3 is 0 Å². The van der Waals surface area contributed by atoms with Gasteiger partial charge < -0.3 is 4.74 Å². The fourth-order valence-electron chi connectivity index (χ4n) is 0.170. The Balaban J connectivity index is 2.08. The molecule has 0 amide bonds. The van der Waals surface area contributed by atoms with Gasteiger partial charge in [-0.25, -0.2) is 0 Å². The van der Waals surface area contributed by atoms with Crippen LogP contribution in [0.4, 0.5) is 0 Å². The molecule has 5 heavy (non-hydrogen) atoms. The van der Waals surface area contributed by atoms with Crippen molar-refractivity contribution in [1.82, 2.24) is 5.48 Å². The van der Waals surface area contributed by atoms with Gasteiger partial charge in [-0.05, 0) is 0 Å². The summed E-state index contributed by atoms with van der Waals surface area (Å²) in [6, 6.07) is 0. The second-order valence-corrected chi connectivity index (χ2v) is 0.665. The number of hydrogen-bond donors (Lipinski definition) is 1. The summed E-state index contributed by atoms with van der Waals surface area (Å²) in [4.78, 5) is 4.42. The molecule has 1 aliphatic rings. The molecule has 0 unspecified atom stereocenters. The summed E-state index contributed by atoms with van der Waals surface area (Å²) in [6.07, 6.45) is 0. The van der Waals surface area contributed by atoms with Gasteiger partial charge in [-0.2, -0.15) is 5.48 Å². The number of hydroxylamine groups is 1. The van der Waals surface area contributed by atoms with Crippen LogP contribution in [0.25, 0.3) is 0 Å². The Morgan fingerprint density at radius 1 is 1.80 bits per heavy atom. The first-order chi connectivity index (χ1) is 2.50. The number of nitrogens with one attached hydrogen (secondary N) is 1. The topological polar surface area (TPSA) is 30.5 Å². The zero-order valence-electron chi connectivity index (χ0n) is 2.60. The molecule has 0 aromatic carbocycles. The molecule has 0 atom stereocenters. The highest BCUT2D eigenvalue weighted by Gasteiger charge is 1.93. The van der Waals surface area contributed by atoms with E-state index in [2.05, 4.69) is 15.1 Å². The van der Waals surface area contributed by atoms with Crippen LogP contribution in [0.5, 0.6) is 0 Å². The van der Waals surface area contributed by atoms with Crippen molar-refractivity contribution in [2.75, 3.05) is 6.79 Å². The average Bonchev–Trinajstić information content (AvgIpc) is 1.76. The molecule has 1 radical (unpaired) electrons. The molecule has 1 aliphatic heterocycles. The first kappa shape index (κ1) is 3.08. The Morgan fingerprint density at radius 2 is 2.80 bits per heavy atom. The second-order valence-electron chi connectivity index (χ2n) is 0.665. The Bertz CT molecular complexity index is 19.2. The SMILES string of the molecule is [CH]1NOCO1. The third-order valence-electron chi connectivity index (χ3n) is 0.342. The van der Waals surface area contributed by atoms with Crippen molar-refractivity contribution in [3.8, 4) is 0 Å². The van der Waals surface area contributed by atoms with Crippen LogP contribution in [0, 0.1) is 6.73 Å². The molecular weight excluding hydrogens is 70.0 g/mol. The molecule has 0 saturated carbocycles. The van der Waals surface area contributed by atoms with Gasteiger partial charge in [-0.15, -0.1) is 0 Å². The molecule has 0 spiro atoms. The number of ether oxygens (including phenoxy) is 1. The van der Waals surface area contributed by atoms with Crippen LogP contribution >= 0.6 is 0 Å². The molecule has 3 heteroatoms. The molecule has 29 valence electrons. The lowest BCUT2D eigenvalue weighted by atomic mass is 11.3. The maximum absolute atomic E-state index is 4.49. The molecule has 0 bridgehead atoms. The van der Waals surface area contributed by atoms with Crippen LogP contribution in [0.1, 0.15) is 0 Å². The molecule has 3 nitrogen and oxygen atoms in total. The number of hydrogen-bond acceptors (Lipinski definition) is 3. The maximum atomic E-state index is 4.49. The van der Waals surface area contributed by atoms with Crippen molar-refractivity contribution in [2.45, 2.75) is 0 Å². The average molecular weight is 74.1 g/mol. The monoisotopic (exact) mass is 74.0 g/mol. The summed E-state index contributed by atoms with van der Waals surface area (Å²) in [5, 5.41) is 0. The van der Waals surface area contributed by atoms with Gasteiger partial charge in [-0.3, -0.25) is 4.84 Å². The summed E-state index contributed by atoms with van der Waals surface area (Å²) in [5.41, 5.74) is 2.38. The van der Waals surface area contributed by atoms with Crippen molar-refractivity contribution in [3.63, 3.8) is 0 Å². The van der Waals surface area contributed by atoms with E-state index in [0.717, 1.165) is 0 Å². The Labute approximate surface area is 29.8 Å². The largest absolute Gasteiger partial charge is 0.329 e. The van der Waals surface area contributed by atoms with E-state index >= 15 is 0 Å². The van der Waals surface area contributed by atoms with E-state index in [-0.39, 0.29) is 0 Å². The fourth-order valence-corrected chi connectivity index (χ4v) is 0.170. The van der Waals surface area contributed by atoms with E-state index in [1.54, 1.807) is 0 Å². The number of rotatable bonds is 0. The standard InChI is InChI=1S/C2H4NO2/c1-3-5-2-4-1/h1,3H,2H2. The minimum Gasteiger partial charge on any atom is -0.329 e. The highest BCUT2D eigenvalue weighted by atomic mass is 16.8. The lowest BCUT2D eigenvalue weighted by Crippen LogP contribution is -1.96. The minimum atomic E-state index is 0.333. The van der Waals surface area contributed by atoms with Gasteiger partial charge in [0, 0.05) is 0 Å². The van der Waals surface area contributed by atoms with Crippen LogP contribution < -0.4 is 5.48 Å². The van der Waals surface area contributed by atoms with Crippen molar-refractivity contribution in [3.05, 3.63) is 6.73 Å². The molecular formula is C2H4NO2. The predicted octanol–water partition coefficient (Wildman–Crippen LogP) is -0.385. The summed E-state index contributed by atoms with van der Waals surface area (Å²) in [7, 11) is 0. The van der Waals surface area contributed by atoms with Gasteiger partial charge in [0.15, 0.2) is 13.5 Å². The zero-order valence-corrected chi connectivity index (χ0v) is 2.60. The summed E-state index contributed by atoms with van der Waals surface area (Å²) < 4.78 is 4.49. The highest BCUT2D eigenvalue weighted by Crippen LogP contribution is 1.84. The van der Waals surface area contributed by atoms with Crippen LogP contribution in [0.15, 0.2) is 0 Å². The summed E-state index contributed by atoms with van der Waals surface area (Å²) in [6.45, 7) is 1.72. The van der Waals surface area contributed by atoms with Gasteiger partial charge in [0.05, 0.1) is 0 Å². The minimum absolute atomic E-state index is 0.333. The third kappa shape index (κ3) is 0.576. The van der Waals surface area contributed by atoms with Gasteiger partial charge in [-0.1, -0.05) is 0 Å². The first-order valence-electron chi connectivity index (χ1n) is 1.31. The molecule has 0 aromatic rings. The van der Waals surface area contributed by atoms with E-state index < -0.39 is 0 Å². The van der Waals surface area contributed by atoms with Crippen LogP contribution in [0.2, 0.25) is 0 Å². The van der Waals surface area contributed by atoms with Crippen LogP contribution in [-0.4, -0.2) is 6.79 Å². The first-order valence-corrected chi connectivity index (χ1v) is 1.31. The molecule has 1 saturated heterocycles. The molecule has 1 N–H and O–H groups in total. The lowest BCUT2D eigenvalue weighted by molar-refractivity contribution is 0.0417. The molecule has 0 aliphatic carbocycles. The normalized spacial score (nSPS) is 24.0. The van der Waals surface area contributed by atoms with Gasteiger partial charge in [0.2, 0.25) is 0 Å². The third-order valence-corrected chi connectivity index (χ3v) is 0.342. The molecule has 1 heterocycles. The van der Waals surface area contributed by atoms with E-state index in [4.69, 9.17) is 0 Å². The van der Waals surface area contributed by atoms with Crippen LogP contribution in [0.3, 0.4) is 0 Å². The van der Waals surface area contributed by atoms with Crippen LogP contribution in [-0.2, 0) is 9.57 Å². The van der Waals surface area contributed by atoms with E-state index in [9.17, 15) is 0 Å². The summed E-state index contributed by atoms with van der Waals surface area (Å²) in [5.74, 6) is 0. The molecule has 1 rings (SSSR count). The Hall–Kier alpha value is -0.120. The fraction of sp³-hybridized carbons (Fsp3) is 0.500. The smallest absolute Gasteiger partial charge is 0.174 e. The predicted molar refractivity (Wildman–Crippen MR) is 14.5 cm³/mol. The van der Waals surface area contributed by atoms with E-state index in [1.165, 1.54) is 6.73 Å². The quantitative estimate of drug-likeness (QED) is 0.424. The molecule has 1 fully saturated rings. The zero-order chi connectivity index (χ0) is 3.54. The van der Waals surface area contributed by atoms with Crippen molar-refractivity contribution in [2.24, 2.45) is 0 Å². The van der Waals surface area contributed by atoms with Crippen molar-refractivity contribution in [1.29, 1.82) is 0 Å². The van der Waals surface area contributed by atoms with E-state index in [1.807, 2.05) is 0 Å². The highest BCUT2D eigenvalue weighted by molar-refractivity contribution is 4.34. The van der Waals surface area contributed by atoms with E-state index in [0.29, 0.717) is 6.79 Å². The molecule has 0 aromatic heterocycles. The maximum Gasteiger partial charge on any atom is 0.174 e. The summed E-state index contributed by atoms with van der Waals surface area (Å²) >= 11 is 0.